The Balaban J connectivity index is 1.15. The van der Waals surface area contributed by atoms with Gasteiger partial charge >= 0.3 is 0 Å². The summed E-state index contributed by atoms with van der Waals surface area (Å²) >= 11 is 0. The van der Waals surface area contributed by atoms with Crippen LogP contribution in [0.2, 0.25) is 0 Å². The molecule has 0 spiro atoms. The zero-order valence-corrected chi connectivity index (χ0v) is 40.7. The van der Waals surface area contributed by atoms with Crippen molar-refractivity contribution in [2.45, 2.75) is 33.6 Å². The Kier molecular flexibility index (Phi) is 12.9. The Labute approximate surface area is 417 Å². The largest absolute Gasteiger partial charge is 0.369 e. The first kappa shape index (κ1) is 45.8. The van der Waals surface area contributed by atoms with E-state index >= 15 is 0 Å². The highest BCUT2D eigenvalue weighted by atomic mass is 15.2. The summed E-state index contributed by atoms with van der Waals surface area (Å²) in [6, 6.07) is 53.5. The molecule has 0 unspecified atom stereocenters. The lowest BCUT2D eigenvalue weighted by molar-refractivity contribution is 1.09. The average Bonchev–Trinajstić information content (AvgIpc) is 3.82. The molecule has 3 N–H and O–H groups in total. The lowest BCUT2D eigenvalue weighted by atomic mass is 9.93. The van der Waals surface area contributed by atoms with Gasteiger partial charge in [-0.2, -0.15) is 0 Å². The highest BCUT2D eigenvalue weighted by Gasteiger charge is 2.23. The minimum atomic E-state index is 0.345. The normalized spacial score (nSPS) is 13.2. The van der Waals surface area contributed by atoms with E-state index in [0.29, 0.717) is 5.96 Å². The molecule has 5 nitrogen and oxygen atoms in total. The summed E-state index contributed by atoms with van der Waals surface area (Å²) in [4.78, 5) is 5.46. The summed E-state index contributed by atoms with van der Waals surface area (Å²) in [6.07, 6.45) is 22.3. The summed E-state index contributed by atoms with van der Waals surface area (Å²) in [5.41, 5.74) is 27.7. The van der Waals surface area contributed by atoms with Crippen LogP contribution in [0.15, 0.2) is 218 Å². The molecule has 9 aromatic rings. The molecule has 0 bridgehead atoms. The van der Waals surface area contributed by atoms with Crippen LogP contribution in [0.3, 0.4) is 0 Å². The van der Waals surface area contributed by atoms with E-state index in [1.807, 2.05) is 43.4 Å². The van der Waals surface area contributed by atoms with Crippen LogP contribution < -0.4 is 11.1 Å². The maximum Gasteiger partial charge on any atom is 0.205 e. The van der Waals surface area contributed by atoms with Gasteiger partial charge in [0.15, 0.2) is 0 Å². The molecule has 0 saturated heterocycles. The second kappa shape index (κ2) is 20.0. The summed E-state index contributed by atoms with van der Waals surface area (Å²) in [6.45, 7) is 18.8. The molecule has 0 amide bonds. The molecule has 10 rings (SSSR count). The van der Waals surface area contributed by atoms with Crippen molar-refractivity contribution in [3.05, 3.63) is 258 Å². The molecule has 0 radical (unpaired) electrons. The van der Waals surface area contributed by atoms with E-state index in [2.05, 4.69) is 218 Å². The van der Waals surface area contributed by atoms with Crippen LogP contribution in [-0.2, 0) is 6.42 Å². The first-order chi connectivity index (χ1) is 34.8. The van der Waals surface area contributed by atoms with E-state index in [1.165, 1.54) is 22.2 Å². The van der Waals surface area contributed by atoms with Crippen LogP contribution >= 0.6 is 0 Å². The van der Waals surface area contributed by atoms with Gasteiger partial charge in [0.1, 0.15) is 0 Å². The summed E-state index contributed by atoms with van der Waals surface area (Å²) in [5.74, 6) is 0.345. The summed E-state index contributed by atoms with van der Waals surface area (Å²) in [5, 5.41) is 7.14. The maximum atomic E-state index is 7.50. The van der Waals surface area contributed by atoms with Crippen LogP contribution in [0.25, 0.3) is 85.1 Å². The van der Waals surface area contributed by atoms with E-state index in [0.717, 1.165) is 113 Å². The van der Waals surface area contributed by atoms with Gasteiger partial charge in [-0.3, -0.25) is 4.57 Å². The molecule has 2 aromatic heterocycles. The fourth-order valence-electron chi connectivity index (χ4n) is 10.3. The number of hydrogen-bond donors (Lipinski definition) is 2. The van der Waals surface area contributed by atoms with Gasteiger partial charge in [-0.05, 0) is 131 Å². The molecule has 71 heavy (non-hydrogen) atoms. The van der Waals surface area contributed by atoms with Gasteiger partial charge in [-0.1, -0.05) is 184 Å². The highest BCUT2D eigenvalue weighted by molar-refractivity contribution is 6.19. The van der Waals surface area contributed by atoms with Crippen molar-refractivity contribution >= 4 is 85.6 Å². The van der Waals surface area contributed by atoms with Gasteiger partial charge in [-0.25, -0.2) is 4.99 Å². The van der Waals surface area contributed by atoms with Crippen molar-refractivity contribution < 1.29 is 0 Å². The third-order valence-corrected chi connectivity index (χ3v) is 13.6. The monoisotopic (exact) mass is 919 g/mol. The molecule has 0 saturated carbocycles. The lowest BCUT2D eigenvalue weighted by Crippen LogP contribution is -2.23. The number of fused-ring (bicyclic) bond motifs is 6. The zero-order valence-electron chi connectivity index (χ0n) is 40.7. The van der Waals surface area contributed by atoms with Crippen molar-refractivity contribution in [2.24, 2.45) is 10.7 Å². The van der Waals surface area contributed by atoms with Gasteiger partial charge in [0, 0.05) is 44.3 Å². The van der Waals surface area contributed by atoms with E-state index in [9.17, 15) is 0 Å². The van der Waals surface area contributed by atoms with Crippen LogP contribution in [0.1, 0.15) is 64.9 Å². The lowest BCUT2D eigenvalue weighted by Gasteiger charge is -2.16. The number of aliphatic imine (C=N–C) groups is 1. The Morgan fingerprint density at radius 2 is 1.49 bits per heavy atom. The standard InChI is InChI=1S/C66H57N5/c1-7-12-23-46(10-4)64(49-34-32-48(33-35-49)55-30-21-24-45(9-3)54(55)22-8-2)69-66(67)71-62-41-38-50(43-58(62)63-44(6)42-59(53(11-5)65(63)71)68-51-25-15-13-16-26-51)47-36-39-57-56-29-19-20-31-60(56)70(61(57)40-37-47)52-27-17-14-18-28-52/h7-9,11-38,40-43,68H,1,3,5,10,39H2,2,4,6H3,(H2,67,69)/b22-8-,23-12-,64-46+. The fraction of sp³-hybridized carbons (Fsp3) is 0.0758. The molecule has 1 aliphatic carbocycles. The number of hydrogen-bond acceptors (Lipinski definition) is 2. The van der Waals surface area contributed by atoms with E-state index in [-0.39, 0.29) is 0 Å². The average molecular weight is 920 g/mol. The molecule has 7 aromatic carbocycles. The van der Waals surface area contributed by atoms with E-state index in [1.54, 1.807) is 6.08 Å². The van der Waals surface area contributed by atoms with Crippen molar-refractivity contribution in [1.82, 2.24) is 9.13 Å². The Morgan fingerprint density at radius 1 is 0.746 bits per heavy atom. The third-order valence-electron chi connectivity index (χ3n) is 13.6. The summed E-state index contributed by atoms with van der Waals surface area (Å²) < 4.78 is 4.51. The third kappa shape index (κ3) is 8.53. The van der Waals surface area contributed by atoms with E-state index in [4.69, 9.17) is 10.7 Å². The number of para-hydroxylation sites is 3. The van der Waals surface area contributed by atoms with Crippen molar-refractivity contribution in [3.8, 4) is 16.8 Å². The SMILES string of the molecule is C=C/C=C\C(CC)=C(\N=C(N)n1c2ccc(C3=CCc4c(n(-c5ccccc5)c5ccccc45)C=C3)cc2c2c(C)cc(Nc3ccccc3)c(C=C)c21)c1ccc(-c2cccc(C=C)c2/C=C\C)cc1. The number of nitrogens with zero attached hydrogens (tertiary/aromatic N) is 3. The van der Waals surface area contributed by atoms with Crippen LogP contribution in [-0.4, -0.2) is 15.1 Å². The quantitative estimate of drug-likeness (QED) is 0.0688. The molecular formula is C66H57N5. The second-order valence-corrected chi connectivity index (χ2v) is 17.8. The second-order valence-electron chi connectivity index (χ2n) is 17.8. The number of nitrogens with two attached hydrogens (primary N) is 1. The zero-order chi connectivity index (χ0) is 49.0. The molecule has 2 heterocycles. The van der Waals surface area contributed by atoms with Crippen molar-refractivity contribution in [1.29, 1.82) is 0 Å². The number of nitrogens with one attached hydrogen (secondary N) is 1. The molecule has 1 aliphatic rings. The number of aromatic nitrogens is 2. The molecule has 5 heteroatoms. The number of benzene rings is 7. The Hall–Kier alpha value is -8.93. The van der Waals surface area contributed by atoms with Crippen LogP contribution in [0, 0.1) is 6.92 Å². The van der Waals surface area contributed by atoms with Crippen LogP contribution in [0.4, 0.5) is 11.4 Å². The Bertz CT molecular complexity index is 3730. The predicted octanol–water partition coefficient (Wildman–Crippen LogP) is 17.2. The van der Waals surface area contributed by atoms with Gasteiger partial charge in [0.05, 0.1) is 27.9 Å². The summed E-state index contributed by atoms with van der Waals surface area (Å²) in [7, 11) is 0. The minimum absolute atomic E-state index is 0.345. The van der Waals surface area contributed by atoms with E-state index < -0.39 is 0 Å². The Morgan fingerprint density at radius 3 is 2.23 bits per heavy atom. The topological polar surface area (TPSA) is 60.3 Å². The molecule has 346 valence electrons. The number of anilines is 2. The van der Waals surface area contributed by atoms with Gasteiger partial charge in [0.2, 0.25) is 5.96 Å². The van der Waals surface area contributed by atoms with Gasteiger partial charge in [-0.15, -0.1) is 0 Å². The molecule has 0 atom stereocenters. The minimum Gasteiger partial charge on any atom is -0.369 e. The van der Waals surface area contributed by atoms with Crippen LogP contribution in [0.5, 0.6) is 0 Å². The van der Waals surface area contributed by atoms with Gasteiger partial charge in [0.25, 0.3) is 0 Å². The number of aryl methyl sites for hydroxylation is 1. The number of rotatable bonds is 13. The fourth-order valence-corrected chi connectivity index (χ4v) is 10.3. The molecule has 0 fully saturated rings. The molecule has 0 aliphatic heterocycles. The van der Waals surface area contributed by atoms with Gasteiger partial charge < -0.3 is 15.6 Å². The van der Waals surface area contributed by atoms with Crippen molar-refractivity contribution in [2.75, 3.05) is 5.32 Å². The first-order valence-corrected chi connectivity index (χ1v) is 24.3. The number of allylic oxidation sites excluding steroid dienone is 8. The predicted molar refractivity (Wildman–Crippen MR) is 308 cm³/mol. The maximum absolute atomic E-state index is 7.50. The highest BCUT2D eigenvalue weighted by Crippen LogP contribution is 2.42. The first-order valence-electron chi connectivity index (χ1n) is 24.3. The smallest absolute Gasteiger partial charge is 0.205 e. The van der Waals surface area contributed by atoms with Crippen molar-refractivity contribution in [3.63, 3.8) is 0 Å². The molecular weight excluding hydrogens is 863 g/mol.